The van der Waals surface area contributed by atoms with Crippen LogP contribution in [0.25, 0.3) is 0 Å². The molecular formula is C14H18ClNO4S. The van der Waals surface area contributed by atoms with Crippen molar-refractivity contribution in [2.75, 3.05) is 25.4 Å². The second-order valence-corrected chi connectivity index (χ2v) is 7.87. The van der Waals surface area contributed by atoms with Crippen LogP contribution >= 0.6 is 11.6 Å². The van der Waals surface area contributed by atoms with Crippen LogP contribution in [0.1, 0.15) is 12.8 Å². The standard InChI is InChI=1S/C14H18ClNO4S/c15-12-1-3-13(4-2-12)21(19,20)8-7-16-6-5-11(10-16)9-14(17)18/h1-4,11H,5-10H2,(H,17,18). The van der Waals surface area contributed by atoms with Crippen molar-refractivity contribution in [3.05, 3.63) is 29.3 Å². The van der Waals surface area contributed by atoms with Gasteiger partial charge < -0.3 is 10.0 Å². The van der Waals surface area contributed by atoms with Gasteiger partial charge in [-0.1, -0.05) is 11.6 Å². The lowest BCUT2D eigenvalue weighted by atomic mass is 10.1. The molecule has 2 rings (SSSR count). The van der Waals surface area contributed by atoms with Crippen LogP contribution in [0.3, 0.4) is 0 Å². The van der Waals surface area contributed by atoms with Crippen LogP contribution in [0.4, 0.5) is 0 Å². The lowest BCUT2D eigenvalue weighted by molar-refractivity contribution is -0.138. The van der Waals surface area contributed by atoms with E-state index >= 15 is 0 Å². The van der Waals surface area contributed by atoms with E-state index in [-0.39, 0.29) is 23.0 Å². The Labute approximate surface area is 129 Å². The largest absolute Gasteiger partial charge is 0.481 e. The SMILES string of the molecule is O=C(O)CC1CCN(CCS(=O)(=O)c2ccc(Cl)cc2)C1. The molecule has 1 unspecified atom stereocenters. The smallest absolute Gasteiger partial charge is 0.303 e. The van der Waals surface area contributed by atoms with E-state index in [1.54, 1.807) is 12.1 Å². The number of carboxylic acid groups (broad SMARTS) is 1. The van der Waals surface area contributed by atoms with Crippen LogP contribution in [-0.4, -0.2) is 49.8 Å². The second-order valence-electron chi connectivity index (χ2n) is 5.33. The summed E-state index contributed by atoms with van der Waals surface area (Å²) in [6.45, 7) is 1.84. The van der Waals surface area contributed by atoms with Gasteiger partial charge in [0.15, 0.2) is 9.84 Å². The number of likely N-dealkylation sites (tertiary alicyclic amines) is 1. The molecule has 116 valence electrons. The van der Waals surface area contributed by atoms with E-state index in [1.807, 2.05) is 4.90 Å². The molecule has 1 atom stereocenters. The predicted octanol–water partition coefficient (Wildman–Crippen LogP) is 1.91. The third-order valence-corrected chi connectivity index (χ3v) is 5.64. The maximum absolute atomic E-state index is 12.2. The minimum atomic E-state index is -3.32. The molecule has 21 heavy (non-hydrogen) atoms. The van der Waals surface area contributed by atoms with E-state index in [9.17, 15) is 13.2 Å². The Morgan fingerprint density at radius 1 is 1.33 bits per heavy atom. The molecule has 1 heterocycles. The lowest BCUT2D eigenvalue weighted by Crippen LogP contribution is -2.27. The zero-order valence-corrected chi connectivity index (χ0v) is 13.1. The van der Waals surface area contributed by atoms with Crippen LogP contribution in [-0.2, 0) is 14.6 Å². The van der Waals surface area contributed by atoms with Crippen LogP contribution in [0.2, 0.25) is 5.02 Å². The molecular weight excluding hydrogens is 314 g/mol. The average molecular weight is 332 g/mol. The number of sulfone groups is 1. The predicted molar refractivity (Wildman–Crippen MR) is 80.3 cm³/mol. The quantitative estimate of drug-likeness (QED) is 0.862. The van der Waals surface area contributed by atoms with Gasteiger partial charge in [-0.05, 0) is 43.1 Å². The van der Waals surface area contributed by atoms with Gasteiger partial charge in [0.1, 0.15) is 0 Å². The summed E-state index contributed by atoms with van der Waals surface area (Å²) in [7, 11) is -3.32. The molecule has 1 saturated heterocycles. The van der Waals surface area contributed by atoms with Crippen molar-refractivity contribution in [1.82, 2.24) is 4.90 Å². The number of carbonyl (C=O) groups is 1. The van der Waals surface area contributed by atoms with Crippen LogP contribution in [0.15, 0.2) is 29.2 Å². The minimum absolute atomic E-state index is 0.0361. The maximum Gasteiger partial charge on any atom is 0.303 e. The van der Waals surface area contributed by atoms with E-state index in [0.717, 1.165) is 13.0 Å². The van der Waals surface area contributed by atoms with Crippen molar-refractivity contribution in [2.24, 2.45) is 5.92 Å². The Bertz CT molecular complexity index is 600. The highest BCUT2D eigenvalue weighted by atomic mass is 35.5. The molecule has 0 spiro atoms. The molecule has 0 saturated carbocycles. The molecule has 1 aliphatic heterocycles. The van der Waals surface area contributed by atoms with Gasteiger partial charge in [-0.2, -0.15) is 0 Å². The molecule has 0 amide bonds. The van der Waals surface area contributed by atoms with Crippen molar-refractivity contribution in [3.8, 4) is 0 Å². The lowest BCUT2D eigenvalue weighted by Gasteiger charge is -2.15. The highest BCUT2D eigenvalue weighted by molar-refractivity contribution is 7.91. The summed E-state index contributed by atoms with van der Waals surface area (Å²) in [5.41, 5.74) is 0. The van der Waals surface area contributed by atoms with Gasteiger partial charge >= 0.3 is 5.97 Å². The monoisotopic (exact) mass is 331 g/mol. The molecule has 1 aromatic carbocycles. The van der Waals surface area contributed by atoms with Crippen molar-refractivity contribution in [3.63, 3.8) is 0 Å². The first-order chi connectivity index (χ1) is 9.87. The first-order valence-electron chi connectivity index (χ1n) is 6.79. The van der Waals surface area contributed by atoms with E-state index in [1.165, 1.54) is 12.1 Å². The third-order valence-electron chi connectivity index (χ3n) is 3.68. The van der Waals surface area contributed by atoms with Crippen molar-refractivity contribution in [1.29, 1.82) is 0 Å². The van der Waals surface area contributed by atoms with Gasteiger partial charge in [-0.25, -0.2) is 8.42 Å². The average Bonchev–Trinajstić information content (AvgIpc) is 2.84. The number of hydrogen-bond donors (Lipinski definition) is 1. The number of nitrogens with zero attached hydrogens (tertiary/aromatic N) is 1. The van der Waals surface area contributed by atoms with Crippen molar-refractivity contribution in [2.45, 2.75) is 17.7 Å². The molecule has 7 heteroatoms. The number of benzene rings is 1. The summed E-state index contributed by atoms with van der Waals surface area (Å²) < 4.78 is 24.4. The van der Waals surface area contributed by atoms with Gasteiger partial charge in [0.2, 0.25) is 0 Å². The highest BCUT2D eigenvalue weighted by Crippen LogP contribution is 2.20. The zero-order valence-electron chi connectivity index (χ0n) is 11.5. The molecule has 1 aromatic rings. The third kappa shape index (κ3) is 4.69. The number of carboxylic acids is 1. The number of halogens is 1. The molecule has 1 aliphatic rings. The number of aliphatic carboxylic acids is 1. The molecule has 1 fully saturated rings. The van der Waals surface area contributed by atoms with Gasteiger partial charge in [0, 0.05) is 24.5 Å². The number of rotatable bonds is 6. The topological polar surface area (TPSA) is 74.7 Å². The first kappa shape index (κ1) is 16.3. The summed E-state index contributed by atoms with van der Waals surface area (Å²) >= 11 is 5.75. The Balaban J connectivity index is 1.88. The van der Waals surface area contributed by atoms with E-state index < -0.39 is 15.8 Å². The van der Waals surface area contributed by atoms with Gasteiger partial charge in [0.25, 0.3) is 0 Å². The Kier molecular flexibility index (Phi) is 5.24. The van der Waals surface area contributed by atoms with E-state index in [0.29, 0.717) is 18.1 Å². The van der Waals surface area contributed by atoms with Crippen molar-refractivity contribution < 1.29 is 18.3 Å². The van der Waals surface area contributed by atoms with Crippen LogP contribution in [0.5, 0.6) is 0 Å². The van der Waals surface area contributed by atoms with Crippen LogP contribution in [0, 0.1) is 5.92 Å². The van der Waals surface area contributed by atoms with E-state index in [4.69, 9.17) is 16.7 Å². The molecule has 5 nitrogen and oxygen atoms in total. The molecule has 1 N–H and O–H groups in total. The fraction of sp³-hybridized carbons (Fsp3) is 0.500. The summed E-state index contributed by atoms with van der Waals surface area (Å²) in [6, 6.07) is 6.14. The Hall–Kier alpha value is -1.11. The maximum atomic E-state index is 12.2. The van der Waals surface area contributed by atoms with Gasteiger partial charge in [0.05, 0.1) is 10.6 Å². The summed E-state index contributed by atoms with van der Waals surface area (Å²) in [5, 5.41) is 9.27. The molecule has 0 aliphatic carbocycles. The number of hydrogen-bond acceptors (Lipinski definition) is 4. The normalized spacial score (nSPS) is 19.8. The first-order valence-corrected chi connectivity index (χ1v) is 8.82. The molecule has 0 aromatic heterocycles. The fourth-order valence-electron chi connectivity index (χ4n) is 2.54. The van der Waals surface area contributed by atoms with E-state index in [2.05, 4.69) is 0 Å². The Morgan fingerprint density at radius 3 is 2.62 bits per heavy atom. The highest BCUT2D eigenvalue weighted by Gasteiger charge is 2.25. The minimum Gasteiger partial charge on any atom is -0.481 e. The fourth-order valence-corrected chi connectivity index (χ4v) is 3.95. The summed E-state index contributed by atoms with van der Waals surface area (Å²) in [5.74, 6) is -0.634. The van der Waals surface area contributed by atoms with Gasteiger partial charge in [-0.3, -0.25) is 4.79 Å². The van der Waals surface area contributed by atoms with Gasteiger partial charge in [-0.15, -0.1) is 0 Å². The zero-order chi connectivity index (χ0) is 15.5. The second kappa shape index (κ2) is 6.77. The molecule has 0 bridgehead atoms. The summed E-state index contributed by atoms with van der Waals surface area (Å²) in [4.78, 5) is 13.0. The molecule has 0 radical (unpaired) electrons. The van der Waals surface area contributed by atoms with Crippen LogP contribution < -0.4 is 0 Å². The van der Waals surface area contributed by atoms with Crippen molar-refractivity contribution >= 4 is 27.4 Å². The summed E-state index contributed by atoms with van der Waals surface area (Å²) in [6.07, 6.45) is 0.966. The Morgan fingerprint density at radius 2 is 2.00 bits per heavy atom.